The first kappa shape index (κ1) is 24.1. The number of unbranched alkanes of at least 4 members (excludes halogenated alkanes) is 1. The number of carbonyl (C=O) groups excluding carboxylic acids is 1. The van der Waals surface area contributed by atoms with Gasteiger partial charge >= 0.3 is 5.97 Å². The monoisotopic (exact) mass is 370 g/mol. The number of rotatable bonds is 14. The first-order valence-corrected chi connectivity index (χ1v) is 12.1. The van der Waals surface area contributed by atoms with Crippen LogP contribution in [0, 0.1) is 5.92 Å². The van der Waals surface area contributed by atoms with E-state index in [1.54, 1.807) is 6.08 Å². The molecule has 0 aromatic heterocycles. The fourth-order valence-electron chi connectivity index (χ4n) is 3.05. The summed E-state index contributed by atoms with van der Waals surface area (Å²) in [5, 5.41) is 10.6. The molecule has 0 aliphatic carbocycles. The molecule has 0 spiro atoms. The lowest BCUT2D eigenvalue weighted by Gasteiger charge is -2.37. The summed E-state index contributed by atoms with van der Waals surface area (Å²) < 4.78 is 11.3. The molecule has 0 radical (unpaired) electrons. The van der Waals surface area contributed by atoms with Crippen LogP contribution < -0.4 is 0 Å². The van der Waals surface area contributed by atoms with E-state index in [0.717, 1.165) is 37.4 Å². The van der Waals surface area contributed by atoms with Gasteiger partial charge in [0, 0.05) is 12.0 Å². The average Bonchev–Trinajstić information content (AvgIpc) is 2.64. The van der Waals surface area contributed by atoms with E-state index in [2.05, 4.69) is 39.0 Å². The lowest BCUT2D eigenvalue weighted by Crippen LogP contribution is -2.44. The van der Waals surface area contributed by atoms with E-state index in [9.17, 15) is 9.90 Å². The summed E-state index contributed by atoms with van der Waals surface area (Å²) in [7, 11) is -0.386. The predicted octanol–water partition coefficient (Wildman–Crippen LogP) is 4.85. The van der Waals surface area contributed by atoms with Crippen molar-refractivity contribution in [3.63, 3.8) is 0 Å². The number of aliphatic hydroxyl groups excluding tert-OH is 1. The van der Waals surface area contributed by atoms with Crippen molar-refractivity contribution < 1.29 is 19.1 Å². The molecule has 0 saturated carbocycles. The zero-order valence-electron chi connectivity index (χ0n) is 16.8. The summed E-state index contributed by atoms with van der Waals surface area (Å²) in [5.41, 5.74) is 0. The van der Waals surface area contributed by atoms with E-state index >= 15 is 0 Å². The fraction of sp³-hybridized carbons (Fsp3) is 0.750. The normalized spacial score (nSPS) is 15.8. The van der Waals surface area contributed by atoms with Gasteiger partial charge in [-0.1, -0.05) is 39.8 Å². The van der Waals surface area contributed by atoms with Crippen LogP contribution in [0.25, 0.3) is 0 Å². The van der Waals surface area contributed by atoms with Gasteiger partial charge in [0.15, 0.2) is 8.32 Å². The standard InChI is InChI=1S/C20H38O4Si/c1-7-11-12-15-19(24-25(8-2,9-3)10-4)17(5)18(21)14-13-16-20(22)23-6/h7,13,16-19,21H,1,8-12,14-15H2,2-6H3/b16-13+/t17-,18+,19-/m1/s1. The number of aliphatic hydroxyl groups is 1. The average molecular weight is 371 g/mol. The SMILES string of the molecule is C=CCCC[C@@H](O[Si](CC)(CC)CC)[C@H](C)[C@@H](O)C/C=C/C(=O)OC. The highest BCUT2D eigenvalue weighted by Gasteiger charge is 2.35. The van der Waals surface area contributed by atoms with Crippen LogP contribution >= 0.6 is 0 Å². The molecule has 4 nitrogen and oxygen atoms in total. The molecule has 5 heteroatoms. The second-order valence-electron chi connectivity index (χ2n) is 6.71. The molecule has 0 rings (SSSR count). The van der Waals surface area contributed by atoms with Gasteiger partial charge in [-0.15, -0.1) is 6.58 Å². The van der Waals surface area contributed by atoms with Gasteiger partial charge in [0.05, 0.1) is 19.3 Å². The molecule has 0 aromatic carbocycles. The van der Waals surface area contributed by atoms with Crippen molar-refractivity contribution in [3.8, 4) is 0 Å². The number of esters is 1. The smallest absolute Gasteiger partial charge is 0.330 e. The topological polar surface area (TPSA) is 55.8 Å². The molecule has 0 aliphatic heterocycles. The Labute approximate surface area is 155 Å². The van der Waals surface area contributed by atoms with Gasteiger partial charge in [0.1, 0.15) is 0 Å². The van der Waals surface area contributed by atoms with E-state index < -0.39 is 20.4 Å². The van der Waals surface area contributed by atoms with E-state index in [-0.39, 0.29) is 12.0 Å². The van der Waals surface area contributed by atoms with Crippen LogP contribution in [0.4, 0.5) is 0 Å². The number of methoxy groups -OCH3 is 1. The van der Waals surface area contributed by atoms with Gasteiger partial charge in [-0.25, -0.2) is 4.79 Å². The highest BCUT2D eigenvalue weighted by Crippen LogP contribution is 2.29. The highest BCUT2D eigenvalue weighted by atomic mass is 28.4. The van der Waals surface area contributed by atoms with E-state index in [0.29, 0.717) is 6.42 Å². The Morgan fingerprint density at radius 3 is 2.32 bits per heavy atom. The Morgan fingerprint density at radius 2 is 1.84 bits per heavy atom. The van der Waals surface area contributed by atoms with Crippen molar-refractivity contribution in [2.45, 2.75) is 83.7 Å². The minimum atomic E-state index is -1.73. The molecule has 146 valence electrons. The Hall–Kier alpha value is -0.913. The summed E-state index contributed by atoms with van der Waals surface area (Å²) in [6.07, 6.45) is 7.83. The van der Waals surface area contributed by atoms with Gasteiger partial charge < -0.3 is 14.3 Å². The summed E-state index contributed by atoms with van der Waals surface area (Å²) in [5.74, 6) is -0.378. The highest BCUT2D eigenvalue weighted by molar-refractivity contribution is 6.73. The van der Waals surface area contributed by atoms with Crippen molar-refractivity contribution in [3.05, 3.63) is 24.8 Å². The molecule has 25 heavy (non-hydrogen) atoms. The Morgan fingerprint density at radius 1 is 1.24 bits per heavy atom. The first-order chi connectivity index (χ1) is 11.9. The lowest BCUT2D eigenvalue weighted by atomic mass is 9.92. The number of hydrogen-bond donors (Lipinski definition) is 1. The van der Waals surface area contributed by atoms with Crippen LogP contribution in [0.3, 0.4) is 0 Å². The van der Waals surface area contributed by atoms with Crippen LogP contribution in [0.15, 0.2) is 24.8 Å². The van der Waals surface area contributed by atoms with Gasteiger partial charge in [0.2, 0.25) is 0 Å². The fourth-order valence-corrected chi connectivity index (χ4v) is 6.02. The summed E-state index contributed by atoms with van der Waals surface area (Å²) >= 11 is 0. The molecule has 0 bridgehead atoms. The third-order valence-corrected chi connectivity index (χ3v) is 9.93. The zero-order chi connectivity index (χ0) is 19.3. The quantitative estimate of drug-likeness (QED) is 0.156. The molecule has 0 heterocycles. The van der Waals surface area contributed by atoms with Crippen molar-refractivity contribution in [1.82, 2.24) is 0 Å². The number of allylic oxidation sites excluding steroid dienone is 1. The maximum Gasteiger partial charge on any atom is 0.330 e. The van der Waals surface area contributed by atoms with E-state index in [1.807, 2.05) is 6.08 Å². The molecule has 0 fully saturated rings. The number of hydrogen-bond acceptors (Lipinski definition) is 4. The maximum atomic E-state index is 11.2. The minimum Gasteiger partial charge on any atom is -0.466 e. The number of ether oxygens (including phenoxy) is 1. The predicted molar refractivity (Wildman–Crippen MR) is 107 cm³/mol. The van der Waals surface area contributed by atoms with Crippen LogP contribution in [-0.2, 0) is 14.0 Å². The molecule has 0 unspecified atom stereocenters. The molecule has 0 aliphatic rings. The van der Waals surface area contributed by atoms with Crippen molar-refractivity contribution >= 4 is 14.3 Å². The third-order valence-electron chi connectivity index (χ3n) is 5.26. The van der Waals surface area contributed by atoms with Crippen LogP contribution in [0.2, 0.25) is 18.1 Å². The van der Waals surface area contributed by atoms with Gasteiger partial charge in [0.25, 0.3) is 0 Å². The van der Waals surface area contributed by atoms with Gasteiger partial charge in [-0.05, 0) is 43.8 Å². The Balaban J connectivity index is 5.00. The largest absolute Gasteiger partial charge is 0.466 e. The molecular formula is C20H38O4Si. The maximum absolute atomic E-state index is 11.2. The molecule has 0 amide bonds. The zero-order valence-corrected chi connectivity index (χ0v) is 17.8. The summed E-state index contributed by atoms with van der Waals surface area (Å²) in [6.45, 7) is 12.5. The van der Waals surface area contributed by atoms with Crippen molar-refractivity contribution in [2.75, 3.05) is 7.11 Å². The second-order valence-corrected chi connectivity index (χ2v) is 11.4. The molecule has 0 aromatic rings. The molecular weight excluding hydrogens is 332 g/mol. The van der Waals surface area contributed by atoms with Crippen LogP contribution in [0.1, 0.15) is 53.4 Å². The summed E-state index contributed by atoms with van der Waals surface area (Å²) in [6, 6.07) is 3.30. The third kappa shape index (κ3) is 8.84. The van der Waals surface area contributed by atoms with Crippen molar-refractivity contribution in [1.29, 1.82) is 0 Å². The minimum absolute atomic E-state index is 0.0173. The Kier molecular flexibility index (Phi) is 12.8. The van der Waals surface area contributed by atoms with Crippen LogP contribution in [0.5, 0.6) is 0 Å². The lowest BCUT2D eigenvalue weighted by molar-refractivity contribution is -0.134. The van der Waals surface area contributed by atoms with Crippen molar-refractivity contribution in [2.24, 2.45) is 5.92 Å². The molecule has 1 N–H and O–H groups in total. The first-order valence-electron chi connectivity index (χ1n) is 9.60. The second kappa shape index (κ2) is 13.3. The number of carbonyl (C=O) groups is 1. The van der Waals surface area contributed by atoms with Crippen LogP contribution in [-0.4, -0.2) is 38.7 Å². The van der Waals surface area contributed by atoms with E-state index in [4.69, 9.17) is 4.43 Å². The summed E-state index contributed by atoms with van der Waals surface area (Å²) in [4.78, 5) is 11.2. The van der Waals surface area contributed by atoms with E-state index in [1.165, 1.54) is 13.2 Å². The Bertz CT molecular complexity index is 396. The molecule has 0 saturated heterocycles. The molecule has 3 atom stereocenters. The van der Waals surface area contributed by atoms with Gasteiger partial charge in [-0.2, -0.15) is 0 Å². The van der Waals surface area contributed by atoms with Gasteiger partial charge in [-0.3, -0.25) is 0 Å².